The average molecular weight is 302 g/mol. The van der Waals surface area contributed by atoms with Crippen molar-refractivity contribution in [2.75, 3.05) is 0 Å². The van der Waals surface area contributed by atoms with Gasteiger partial charge in [-0.25, -0.2) is 9.18 Å². The summed E-state index contributed by atoms with van der Waals surface area (Å²) in [6.07, 6.45) is -1.05. The van der Waals surface area contributed by atoms with Gasteiger partial charge < -0.3 is 10.5 Å². The van der Waals surface area contributed by atoms with E-state index in [-0.39, 0.29) is 9.90 Å². The second kappa shape index (κ2) is 5.14. The molecule has 0 radical (unpaired) electrons. The Morgan fingerprint density at radius 3 is 2.79 bits per heavy atom. The summed E-state index contributed by atoms with van der Waals surface area (Å²) in [5.41, 5.74) is 5.00. The van der Waals surface area contributed by atoms with E-state index >= 15 is 0 Å². The lowest BCUT2D eigenvalue weighted by molar-refractivity contribution is -0.125. The molecule has 0 spiro atoms. The first-order valence-corrected chi connectivity index (χ1v) is 6.47. The van der Waals surface area contributed by atoms with Crippen LogP contribution < -0.4 is 5.73 Å². The fourth-order valence-corrected chi connectivity index (χ4v) is 2.86. The molecule has 0 saturated heterocycles. The zero-order chi connectivity index (χ0) is 14.2. The number of nitrogens with two attached hydrogens (primary N) is 1. The number of primary amides is 1. The highest BCUT2D eigenvalue weighted by molar-refractivity contribution is 7.21. The molecule has 19 heavy (non-hydrogen) atoms. The van der Waals surface area contributed by atoms with Crippen molar-refractivity contribution in [2.45, 2.75) is 13.0 Å². The van der Waals surface area contributed by atoms with Gasteiger partial charge in [-0.05, 0) is 25.1 Å². The first kappa shape index (κ1) is 13.8. The number of halogens is 2. The van der Waals surface area contributed by atoms with Crippen molar-refractivity contribution in [1.82, 2.24) is 0 Å². The summed E-state index contributed by atoms with van der Waals surface area (Å²) in [7, 11) is 0. The van der Waals surface area contributed by atoms with E-state index in [1.807, 2.05) is 0 Å². The van der Waals surface area contributed by atoms with E-state index in [9.17, 15) is 14.0 Å². The van der Waals surface area contributed by atoms with Gasteiger partial charge in [0, 0.05) is 10.1 Å². The molecule has 0 saturated carbocycles. The summed E-state index contributed by atoms with van der Waals surface area (Å²) in [6.45, 7) is 1.36. The molecular weight excluding hydrogens is 293 g/mol. The van der Waals surface area contributed by atoms with Crippen LogP contribution in [0.4, 0.5) is 4.39 Å². The minimum atomic E-state index is -1.05. The van der Waals surface area contributed by atoms with Gasteiger partial charge >= 0.3 is 5.97 Å². The van der Waals surface area contributed by atoms with Gasteiger partial charge in [0.05, 0.1) is 5.02 Å². The Hall–Kier alpha value is -1.66. The molecule has 1 atom stereocenters. The molecule has 1 heterocycles. The molecule has 1 aromatic carbocycles. The quantitative estimate of drug-likeness (QED) is 0.886. The third-order valence-electron chi connectivity index (χ3n) is 2.46. The van der Waals surface area contributed by atoms with Crippen molar-refractivity contribution in [3.63, 3.8) is 0 Å². The van der Waals surface area contributed by atoms with Crippen LogP contribution in [0.25, 0.3) is 10.1 Å². The number of ether oxygens (including phenoxy) is 1. The van der Waals surface area contributed by atoms with Crippen LogP contribution in [0, 0.1) is 5.82 Å². The van der Waals surface area contributed by atoms with Gasteiger partial charge in [-0.1, -0.05) is 11.6 Å². The minimum absolute atomic E-state index is 0.121. The van der Waals surface area contributed by atoms with E-state index in [1.165, 1.54) is 25.1 Å². The van der Waals surface area contributed by atoms with Gasteiger partial charge in [0.15, 0.2) is 6.10 Å². The topological polar surface area (TPSA) is 69.4 Å². The maximum absolute atomic E-state index is 13.1. The van der Waals surface area contributed by atoms with Crippen molar-refractivity contribution in [2.24, 2.45) is 5.73 Å². The number of rotatable bonds is 3. The SMILES string of the molecule is C[C@H](OC(=O)c1sc2cc(F)ccc2c1Cl)C(N)=O. The number of carbonyl (C=O) groups is 2. The number of fused-ring (bicyclic) bond motifs is 1. The Labute approximate surface area is 116 Å². The predicted octanol–water partition coefficient (Wildman–Crippen LogP) is 2.72. The smallest absolute Gasteiger partial charge is 0.350 e. The molecule has 0 aliphatic heterocycles. The number of esters is 1. The Kier molecular flexibility index (Phi) is 3.73. The van der Waals surface area contributed by atoms with Gasteiger partial charge in [-0.15, -0.1) is 11.3 Å². The molecule has 0 unspecified atom stereocenters. The number of hydrogen-bond donors (Lipinski definition) is 1. The molecule has 2 rings (SSSR count). The van der Waals surface area contributed by atoms with Crippen LogP contribution in [0.5, 0.6) is 0 Å². The van der Waals surface area contributed by atoms with E-state index < -0.39 is 23.8 Å². The summed E-state index contributed by atoms with van der Waals surface area (Å²) in [4.78, 5) is 22.8. The van der Waals surface area contributed by atoms with Gasteiger partial charge in [-0.3, -0.25) is 4.79 Å². The van der Waals surface area contributed by atoms with E-state index in [0.717, 1.165) is 11.3 Å². The number of carbonyl (C=O) groups excluding carboxylic acids is 2. The molecule has 1 amide bonds. The van der Waals surface area contributed by atoms with E-state index in [1.54, 1.807) is 0 Å². The normalized spacial score (nSPS) is 12.4. The molecule has 0 bridgehead atoms. The van der Waals surface area contributed by atoms with E-state index in [2.05, 4.69) is 0 Å². The van der Waals surface area contributed by atoms with Gasteiger partial charge in [-0.2, -0.15) is 0 Å². The fourth-order valence-electron chi connectivity index (χ4n) is 1.44. The Morgan fingerprint density at radius 2 is 2.16 bits per heavy atom. The summed E-state index contributed by atoms with van der Waals surface area (Å²) in [6, 6.07) is 4.01. The number of thiophene rings is 1. The molecule has 7 heteroatoms. The molecule has 100 valence electrons. The number of benzene rings is 1. The second-order valence-electron chi connectivity index (χ2n) is 3.84. The van der Waals surface area contributed by atoms with Gasteiger partial charge in [0.1, 0.15) is 10.7 Å². The van der Waals surface area contributed by atoms with Crippen LogP contribution in [-0.2, 0) is 9.53 Å². The molecule has 0 fully saturated rings. The summed E-state index contributed by atoms with van der Waals surface area (Å²) >= 11 is 7.04. The van der Waals surface area contributed by atoms with Crippen LogP contribution in [-0.4, -0.2) is 18.0 Å². The fraction of sp³-hybridized carbons (Fsp3) is 0.167. The zero-order valence-corrected chi connectivity index (χ0v) is 11.3. The second-order valence-corrected chi connectivity index (χ2v) is 5.27. The van der Waals surface area contributed by atoms with Crippen molar-refractivity contribution < 1.29 is 18.7 Å². The predicted molar refractivity (Wildman–Crippen MR) is 70.9 cm³/mol. The Morgan fingerprint density at radius 1 is 1.47 bits per heavy atom. The molecule has 2 aromatic rings. The van der Waals surface area contributed by atoms with Crippen molar-refractivity contribution >= 4 is 44.9 Å². The number of amides is 1. The molecule has 0 aliphatic rings. The number of hydrogen-bond acceptors (Lipinski definition) is 4. The first-order valence-electron chi connectivity index (χ1n) is 5.28. The summed E-state index contributed by atoms with van der Waals surface area (Å²) < 4.78 is 18.5. The highest BCUT2D eigenvalue weighted by Gasteiger charge is 2.22. The van der Waals surface area contributed by atoms with Crippen LogP contribution >= 0.6 is 22.9 Å². The lowest BCUT2D eigenvalue weighted by Crippen LogP contribution is -2.30. The minimum Gasteiger partial charge on any atom is -0.448 e. The lowest BCUT2D eigenvalue weighted by Gasteiger charge is -2.08. The highest BCUT2D eigenvalue weighted by atomic mass is 35.5. The highest BCUT2D eigenvalue weighted by Crippen LogP contribution is 2.36. The summed E-state index contributed by atoms with van der Waals surface area (Å²) in [5.74, 6) is -1.93. The zero-order valence-electron chi connectivity index (χ0n) is 9.78. The monoisotopic (exact) mass is 301 g/mol. The van der Waals surface area contributed by atoms with Crippen molar-refractivity contribution in [3.05, 3.63) is 33.9 Å². The lowest BCUT2D eigenvalue weighted by atomic mass is 10.2. The maximum atomic E-state index is 13.1. The Balaban J connectivity index is 2.37. The third-order valence-corrected chi connectivity index (χ3v) is 4.10. The largest absolute Gasteiger partial charge is 0.448 e. The molecule has 4 nitrogen and oxygen atoms in total. The van der Waals surface area contributed by atoms with Crippen LogP contribution in [0.2, 0.25) is 5.02 Å². The molecule has 1 aromatic heterocycles. The summed E-state index contributed by atoms with van der Waals surface area (Å²) in [5, 5.41) is 0.744. The van der Waals surface area contributed by atoms with Crippen molar-refractivity contribution in [3.8, 4) is 0 Å². The molecule has 2 N–H and O–H groups in total. The average Bonchev–Trinajstić information content (AvgIpc) is 2.66. The standard InChI is InChI=1S/C12H9ClFNO3S/c1-5(11(15)16)18-12(17)10-9(13)7-3-2-6(14)4-8(7)19-10/h2-5H,1H3,(H2,15,16)/t5-/m0/s1. The van der Waals surface area contributed by atoms with Gasteiger partial charge in [0.2, 0.25) is 0 Å². The Bertz CT molecular complexity index is 670. The van der Waals surface area contributed by atoms with Gasteiger partial charge in [0.25, 0.3) is 5.91 Å². The third kappa shape index (κ3) is 2.69. The maximum Gasteiger partial charge on any atom is 0.350 e. The van der Waals surface area contributed by atoms with Crippen LogP contribution in [0.3, 0.4) is 0 Å². The van der Waals surface area contributed by atoms with E-state index in [0.29, 0.717) is 10.1 Å². The van der Waals surface area contributed by atoms with Crippen molar-refractivity contribution in [1.29, 1.82) is 0 Å². The van der Waals surface area contributed by atoms with E-state index in [4.69, 9.17) is 22.1 Å². The van der Waals surface area contributed by atoms with Crippen LogP contribution in [0.15, 0.2) is 18.2 Å². The first-order chi connectivity index (χ1) is 8.90. The van der Waals surface area contributed by atoms with Crippen LogP contribution in [0.1, 0.15) is 16.6 Å². The molecular formula is C12H9ClFNO3S. The molecule has 0 aliphatic carbocycles.